The molecule has 0 spiro atoms. The van der Waals surface area contributed by atoms with E-state index in [-0.39, 0.29) is 5.56 Å². The number of hydrazone groups is 1. The highest BCUT2D eigenvalue weighted by molar-refractivity contribution is 9.10. The lowest BCUT2D eigenvalue weighted by Crippen LogP contribution is -2.10. The van der Waals surface area contributed by atoms with E-state index in [9.17, 15) is 4.79 Å². The zero-order valence-corrected chi connectivity index (χ0v) is 16.6. The molecule has 2 N–H and O–H groups in total. The van der Waals surface area contributed by atoms with E-state index in [4.69, 9.17) is 4.74 Å². The number of aromatic nitrogens is 2. The summed E-state index contributed by atoms with van der Waals surface area (Å²) in [6, 6.07) is 15.5. The van der Waals surface area contributed by atoms with Crippen LogP contribution in [0.3, 0.4) is 0 Å². The van der Waals surface area contributed by atoms with E-state index in [1.807, 2.05) is 48.5 Å². The van der Waals surface area contributed by atoms with Gasteiger partial charge in [-0.15, -0.1) is 0 Å². The highest BCUT2D eigenvalue weighted by Gasteiger charge is 2.04. The fourth-order valence-electron chi connectivity index (χ4n) is 2.09. The van der Waals surface area contributed by atoms with Gasteiger partial charge in [-0.1, -0.05) is 40.2 Å². The third-order valence-corrected chi connectivity index (χ3v) is 4.73. The summed E-state index contributed by atoms with van der Waals surface area (Å²) in [7, 11) is 0. The Hall–Kier alpha value is -2.45. The molecular formula is C18H14Br2N4O2. The first-order valence-corrected chi connectivity index (χ1v) is 9.20. The molecule has 0 atom stereocenters. The predicted octanol–water partition coefficient (Wildman–Crippen LogP) is 4.32. The van der Waals surface area contributed by atoms with Crippen molar-refractivity contribution in [3.8, 4) is 5.75 Å². The van der Waals surface area contributed by atoms with Crippen LogP contribution in [0.15, 0.2) is 73.6 Å². The smallest absolute Gasteiger partial charge is 0.280 e. The summed E-state index contributed by atoms with van der Waals surface area (Å²) in [4.78, 5) is 11.5. The van der Waals surface area contributed by atoms with Gasteiger partial charge in [0.1, 0.15) is 16.8 Å². The van der Waals surface area contributed by atoms with Crippen LogP contribution in [-0.2, 0) is 6.61 Å². The highest BCUT2D eigenvalue weighted by atomic mass is 79.9. The molecule has 0 aliphatic carbocycles. The molecule has 132 valence electrons. The summed E-state index contributed by atoms with van der Waals surface area (Å²) in [5, 5.41) is 10.2. The quantitative estimate of drug-likeness (QED) is 0.409. The van der Waals surface area contributed by atoms with Crippen molar-refractivity contribution in [2.75, 3.05) is 5.43 Å². The van der Waals surface area contributed by atoms with Gasteiger partial charge in [0.25, 0.3) is 5.56 Å². The average Bonchev–Trinajstić information content (AvgIpc) is 2.65. The van der Waals surface area contributed by atoms with Gasteiger partial charge in [0.2, 0.25) is 0 Å². The number of rotatable bonds is 6. The Morgan fingerprint density at radius 2 is 1.92 bits per heavy atom. The van der Waals surface area contributed by atoms with Crippen LogP contribution >= 0.6 is 31.9 Å². The Balaban J connectivity index is 1.69. The molecule has 0 radical (unpaired) electrons. The first-order chi connectivity index (χ1) is 12.6. The maximum absolute atomic E-state index is 11.5. The van der Waals surface area contributed by atoms with E-state index < -0.39 is 0 Å². The minimum absolute atomic E-state index is 0.330. The summed E-state index contributed by atoms with van der Waals surface area (Å²) in [5.41, 5.74) is 4.81. The second-order valence-corrected chi connectivity index (χ2v) is 6.96. The summed E-state index contributed by atoms with van der Waals surface area (Å²) in [6.07, 6.45) is 3.10. The van der Waals surface area contributed by atoms with Crippen molar-refractivity contribution < 1.29 is 4.74 Å². The SMILES string of the molecule is O=c1[nH]ncc(NN=Cc2ccccc2OCc2ccc(Br)cc2)c1Br. The number of halogens is 2. The minimum atomic E-state index is -0.330. The van der Waals surface area contributed by atoms with Crippen LogP contribution in [0.2, 0.25) is 0 Å². The number of nitrogens with one attached hydrogen (secondary N) is 2. The molecule has 8 heteroatoms. The largest absolute Gasteiger partial charge is 0.488 e. The van der Waals surface area contributed by atoms with E-state index in [0.29, 0.717) is 22.5 Å². The Morgan fingerprint density at radius 3 is 2.73 bits per heavy atom. The maximum Gasteiger partial charge on any atom is 0.280 e. The van der Waals surface area contributed by atoms with Gasteiger partial charge in [0, 0.05) is 10.0 Å². The van der Waals surface area contributed by atoms with Crippen molar-refractivity contribution >= 4 is 43.8 Å². The van der Waals surface area contributed by atoms with Gasteiger partial charge in [-0.3, -0.25) is 10.2 Å². The van der Waals surface area contributed by atoms with E-state index >= 15 is 0 Å². The number of H-pyrrole nitrogens is 1. The fourth-order valence-corrected chi connectivity index (χ4v) is 2.64. The lowest BCUT2D eigenvalue weighted by Gasteiger charge is -2.09. The van der Waals surface area contributed by atoms with Gasteiger partial charge in [-0.05, 0) is 45.8 Å². The number of anilines is 1. The Labute approximate surface area is 166 Å². The molecule has 0 fully saturated rings. The zero-order valence-electron chi connectivity index (χ0n) is 13.4. The Bertz CT molecular complexity index is 971. The van der Waals surface area contributed by atoms with Crippen molar-refractivity contribution in [2.24, 2.45) is 5.10 Å². The van der Waals surface area contributed by atoms with Gasteiger partial charge < -0.3 is 4.74 Å². The van der Waals surface area contributed by atoms with Crippen LogP contribution in [0, 0.1) is 0 Å². The third kappa shape index (κ3) is 4.80. The molecule has 0 saturated carbocycles. The van der Waals surface area contributed by atoms with Crippen LogP contribution in [0.4, 0.5) is 5.69 Å². The van der Waals surface area contributed by atoms with Crippen molar-refractivity contribution in [3.63, 3.8) is 0 Å². The van der Waals surface area contributed by atoms with E-state index in [1.54, 1.807) is 6.21 Å². The van der Waals surface area contributed by atoms with Crippen molar-refractivity contribution in [3.05, 3.63) is 85.2 Å². The van der Waals surface area contributed by atoms with E-state index in [0.717, 1.165) is 15.6 Å². The normalized spacial score (nSPS) is 10.8. The number of benzene rings is 2. The lowest BCUT2D eigenvalue weighted by atomic mass is 10.2. The molecule has 0 aliphatic heterocycles. The van der Waals surface area contributed by atoms with Gasteiger partial charge in [0.15, 0.2) is 0 Å². The maximum atomic E-state index is 11.5. The molecule has 3 aromatic rings. The van der Waals surface area contributed by atoms with E-state index in [2.05, 4.69) is 52.6 Å². The zero-order chi connectivity index (χ0) is 18.4. The monoisotopic (exact) mass is 476 g/mol. The second-order valence-electron chi connectivity index (χ2n) is 5.25. The van der Waals surface area contributed by atoms with Gasteiger partial charge >= 0.3 is 0 Å². The van der Waals surface area contributed by atoms with Crippen molar-refractivity contribution in [2.45, 2.75) is 6.61 Å². The van der Waals surface area contributed by atoms with Gasteiger partial charge in [-0.25, -0.2) is 5.10 Å². The first-order valence-electron chi connectivity index (χ1n) is 7.62. The minimum Gasteiger partial charge on any atom is -0.488 e. The Kier molecular flexibility index (Phi) is 6.19. The molecule has 0 unspecified atom stereocenters. The molecule has 1 aromatic heterocycles. The molecule has 6 nitrogen and oxygen atoms in total. The summed E-state index contributed by atoms with van der Waals surface area (Å²) in [6.45, 7) is 0.453. The summed E-state index contributed by atoms with van der Waals surface area (Å²) >= 11 is 6.60. The molecule has 0 aliphatic rings. The predicted molar refractivity (Wildman–Crippen MR) is 109 cm³/mol. The second kappa shape index (κ2) is 8.77. The molecule has 1 heterocycles. The fraction of sp³-hybridized carbons (Fsp3) is 0.0556. The third-order valence-electron chi connectivity index (χ3n) is 3.41. The number of nitrogens with zero attached hydrogens (tertiary/aromatic N) is 2. The number of hydrogen-bond acceptors (Lipinski definition) is 5. The van der Waals surface area contributed by atoms with Crippen LogP contribution < -0.4 is 15.7 Å². The molecule has 0 saturated heterocycles. The topological polar surface area (TPSA) is 79.4 Å². The molecular weight excluding hydrogens is 464 g/mol. The van der Waals surface area contributed by atoms with Crippen molar-refractivity contribution in [1.29, 1.82) is 0 Å². The van der Waals surface area contributed by atoms with Crippen LogP contribution in [0.5, 0.6) is 5.75 Å². The highest BCUT2D eigenvalue weighted by Crippen LogP contribution is 2.19. The van der Waals surface area contributed by atoms with Gasteiger partial charge in [-0.2, -0.15) is 10.2 Å². The standard InChI is InChI=1S/C18H14Br2N4O2/c19-14-7-5-12(6-8-14)11-26-16-4-2-1-3-13(16)9-21-23-15-10-22-24-18(25)17(15)20/h1-10H,11H2,(H2,23,24,25). The summed E-state index contributed by atoms with van der Waals surface area (Å²) < 4.78 is 7.26. The lowest BCUT2D eigenvalue weighted by molar-refractivity contribution is 0.306. The molecule has 0 bridgehead atoms. The van der Waals surface area contributed by atoms with E-state index in [1.165, 1.54) is 6.20 Å². The van der Waals surface area contributed by atoms with Crippen LogP contribution in [0.25, 0.3) is 0 Å². The number of aromatic amines is 1. The Morgan fingerprint density at radius 1 is 1.15 bits per heavy atom. The number of para-hydroxylation sites is 1. The summed E-state index contributed by atoms with van der Waals surface area (Å²) in [5.74, 6) is 0.712. The number of ether oxygens (including phenoxy) is 1. The first kappa shape index (κ1) is 18.3. The van der Waals surface area contributed by atoms with Gasteiger partial charge in [0.05, 0.1) is 18.1 Å². The van der Waals surface area contributed by atoms with Crippen LogP contribution in [-0.4, -0.2) is 16.4 Å². The molecule has 0 amide bonds. The van der Waals surface area contributed by atoms with Crippen LogP contribution in [0.1, 0.15) is 11.1 Å². The molecule has 26 heavy (non-hydrogen) atoms. The van der Waals surface area contributed by atoms with Crippen molar-refractivity contribution in [1.82, 2.24) is 10.2 Å². The molecule has 3 rings (SSSR count). The molecule has 2 aromatic carbocycles. The average molecular weight is 478 g/mol. The number of hydrogen-bond donors (Lipinski definition) is 2.